The molecule has 0 bridgehead atoms. The van der Waals surface area contributed by atoms with E-state index in [-0.39, 0.29) is 11.7 Å². The number of rotatable bonds is 8. The number of piperidine rings is 1. The minimum Gasteiger partial charge on any atom is -0.504 e. The van der Waals surface area contributed by atoms with E-state index in [0.29, 0.717) is 25.4 Å². The van der Waals surface area contributed by atoms with Crippen molar-refractivity contribution in [2.24, 2.45) is 5.41 Å². The quantitative estimate of drug-likeness (QED) is 0.677. The summed E-state index contributed by atoms with van der Waals surface area (Å²) < 4.78 is 10.7. The molecule has 1 aliphatic rings. The zero-order chi connectivity index (χ0) is 20.7. The van der Waals surface area contributed by atoms with E-state index in [1.54, 1.807) is 13.2 Å². The Morgan fingerprint density at radius 3 is 2.69 bits per heavy atom. The number of hydrogen-bond donors (Lipinski definition) is 1. The predicted octanol–water partition coefficient (Wildman–Crippen LogP) is 4.18. The highest BCUT2D eigenvalue weighted by atomic mass is 16.5. The molecule has 5 heteroatoms. The van der Waals surface area contributed by atoms with Gasteiger partial charge in [0.1, 0.15) is 0 Å². The van der Waals surface area contributed by atoms with Gasteiger partial charge in [0, 0.05) is 18.7 Å². The van der Waals surface area contributed by atoms with Crippen LogP contribution in [0.2, 0.25) is 0 Å². The summed E-state index contributed by atoms with van der Waals surface area (Å²) in [4.78, 5) is 15.2. The SMILES string of the molecule is CCOC(=O)[C@]1(CCc2ccccc2)CCCN(Cc2cccc(OC)c2O)C1. The maximum Gasteiger partial charge on any atom is 0.313 e. The van der Waals surface area contributed by atoms with Crippen molar-refractivity contribution in [3.8, 4) is 11.5 Å². The van der Waals surface area contributed by atoms with E-state index in [1.165, 1.54) is 5.56 Å². The van der Waals surface area contributed by atoms with Crippen LogP contribution < -0.4 is 4.74 Å². The van der Waals surface area contributed by atoms with Crippen LogP contribution in [0.3, 0.4) is 0 Å². The molecule has 1 heterocycles. The summed E-state index contributed by atoms with van der Waals surface area (Å²) in [7, 11) is 1.55. The molecule has 0 aliphatic carbocycles. The summed E-state index contributed by atoms with van der Waals surface area (Å²) in [6.07, 6.45) is 3.37. The van der Waals surface area contributed by atoms with Crippen molar-refractivity contribution in [1.29, 1.82) is 0 Å². The van der Waals surface area contributed by atoms with Gasteiger partial charge in [-0.15, -0.1) is 0 Å². The predicted molar refractivity (Wildman–Crippen MR) is 113 cm³/mol. The first kappa shape index (κ1) is 21.2. The van der Waals surface area contributed by atoms with Crippen molar-refractivity contribution in [3.63, 3.8) is 0 Å². The van der Waals surface area contributed by atoms with Crippen LogP contribution in [-0.2, 0) is 22.5 Å². The van der Waals surface area contributed by atoms with Crippen molar-refractivity contribution in [3.05, 3.63) is 59.7 Å². The first-order chi connectivity index (χ1) is 14.1. The molecule has 0 spiro atoms. The van der Waals surface area contributed by atoms with Crippen LogP contribution in [0, 0.1) is 5.41 Å². The maximum absolute atomic E-state index is 13.0. The highest BCUT2D eigenvalue weighted by Crippen LogP contribution is 2.38. The molecule has 2 aromatic rings. The number of carbonyl (C=O) groups is 1. The molecule has 1 fully saturated rings. The average Bonchev–Trinajstić information content (AvgIpc) is 2.75. The zero-order valence-corrected chi connectivity index (χ0v) is 17.4. The van der Waals surface area contributed by atoms with Crippen molar-refractivity contribution in [2.45, 2.75) is 39.2 Å². The Kier molecular flexibility index (Phi) is 7.15. The lowest BCUT2D eigenvalue weighted by molar-refractivity contribution is -0.160. The van der Waals surface area contributed by atoms with Gasteiger partial charge in [-0.05, 0) is 50.8 Å². The molecule has 3 rings (SSSR count). The molecule has 0 aromatic heterocycles. The number of ether oxygens (including phenoxy) is 2. The molecule has 0 amide bonds. The largest absolute Gasteiger partial charge is 0.504 e. The van der Waals surface area contributed by atoms with Gasteiger partial charge in [-0.25, -0.2) is 0 Å². The number of methoxy groups -OCH3 is 1. The van der Waals surface area contributed by atoms with Crippen LogP contribution in [0.25, 0.3) is 0 Å². The van der Waals surface area contributed by atoms with Gasteiger partial charge in [-0.2, -0.15) is 0 Å². The second-order valence-corrected chi connectivity index (χ2v) is 7.77. The molecule has 0 radical (unpaired) electrons. The monoisotopic (exact) mass is 397 g/mol. The smallest absolute Gasteiger partial charge is 0.313 e. The second-order valence-electron chi connectivity index (χ2n) is 7.77. The van der Waals surface area contributed by atoms with Crippen LogP contribution in [0.1, 0.15) is 37.3 Å². The number of esters is 1. The van der Waals surface area contributed by atoms with Gasteiger partial charge in [0.05, 0.1) is 19.1 Å². The summed E-state index contributed by atoms with van der Waals surface area (Å²) in [5.41, 5.74) is 1.53. The van der Waals surface area contributed by atoms with Crippen LogP contribution >= 0.6 is 0 Å². The summed E-state index contributed by atoms with van der Waals surface area (Å²) in [5, 5.41) is 10.5. The van der Waals surface area contributed by atoms with Crippen LogP contribution in [0.15, 0.2) is 48.5 Å². The summed E-state index contributed by atoms with van der Waals surface area (Å²) in [6.45, 7) is 4.36. The fraction of sp³-hybridized carbons (Fsp3) is 0.458. The molecule has 0 unspecified atom stereocenters. The molecule has 156 valence electrons. The van der Waals surface area contributed by atoms with Gasteiger partial charge in [0.15, 0.2) is 11.5 Å². The number of para-hydroxylation sites is 1. The van der Waals surface area contributed by atoms with Crippen LogP contribution in [-0.4, -0.2) is 42.8 Å². The highest BCUT2D eigenvalue weighted by molar-refractivity contribution is 5.77. The number of likely N-dealkylation sites (tertiary alicyclic amines) is 1. The molecule has 1 N–H and O–H groups in total. The minimum absolute atomic E-state index is 0.101. The second kappa shape index (κ2) is 9.79. The molecule has 1 aliphatic heterocycles. The third kappa shape index (κ3) is 5.10. The molecular weight excluding hydrogens is 366 g/mol. The molecule has 29 heavy (non-hydrogen) atoms. The third-order valence-corrected chi connectivity index (χ3v) is 5.80. The van der Waals surface area contributed by atoms with E-state index < -0.39 is 5.41 Å². The Balaban J connectivity index is 1.77. The Labute approximate surface area is 173 Å². The number of aryl methyl sites for hydroxylation is 1. The highest BCUT2D eigenvalue weighted by Gasteiger charge is 2.43. The number of aromatic hydroxyl groups is 1. The first-order valence-corrected chi connectivity index (χ1v) is 10.4. The van der Waals surface area contributed by atoms with Gasteiger partial charge in [-0.1, -0.05) is 42.5 Å². The van der Waals surface area contributed by atoms with Gasteiger partial charge in [-0.3, -0.25) is 9.69 Å². The Hall–Kier alpha value is -2.53. The Morgan fingerprint density at radius 1 is 1.17 bits per heavy atom. The van der Waals surface area contributed by atoms with E-state index in [9.17, 15) is 9.90 Å². The third-order valence-electron chi connectivity index (χ3n) is 5.80. The summed E-state index contributed by atoms with van der Waals surface area (Å²) >= 11 is 0. The first-order valence-electron chi connectivity index (χ1n) is 10.4. The van der Waals surface area contributed by atoms with E-state index in [1.807, 2.05) is 37.3 Å². The van der Waals surface area contributed by atoms with Crippen molar-refractivity contribution in [1.82, 2.24) is 4.90 Å². The number of phenols is 1. The van der Waals surface area contributed by atoms with Crippen molar-refractivity contribution >= 4 is 5.97 Å². The zero-order valence-electron chi connectivity index (χ0n) is 17.4. The lowest BCUT2D eigenvalue weighted by Crippen LogP contribution is -2.48. The fourth-order valence-electron chi connectivity index (χ4n) is 4.25. The standard InChI is InChI=1S/C24H31NO4/c1-3-29-23(27)24(15-13-19-9-5-4-6-10-19)14-8-16-25(18-24)17-20-11-7-12-21(28-2)22(20)26/h4-7,9-12,26H,3,8,13-18H2,1-2H3/t24-/m0/s1. The molecule has 2 aromatic carbocycles. The van der Waals surface area contributed by atoms with E-state index >= 15 is 0 Å². The van der Waals surface area contributed by atoms with Crippen LogP contribution in [0.5, 0.6) is 11.5 Å². The number of phenolic OH excluding ortho intramolecular Hbond substituents is 1. The normalized spacial score (nSPS) is 19.7. The van der Waals surface area contributed by atoms with Gasteiger partial charge >= 0.3 is 5.97 Å². The fourth-order valence-corrected chi connectivity index (χ4v) is 4.25. The molecular formula is C24H31NO4. The summed E-state index contributed by atoms with van der Waals surface area (Å²) in [5.74, 6) is 0.544. The van der Waals surface area contributed by atoms with E-state index in [2.05, 4.69) is 17.0 Å². The van der Waals surface area contributed by atoms with E-state index in [4.69, 9.17) is 9.47 Å². The Bertz CT molecular complexity index is 808. The number of hydrogen-bond acceptors (Lipinski definition) is 5. The Morgan fingerprint density at radius 2 is 1.97 bits per heavy atom. The topological polar surface area (TPSA) is 59.0 Å². The summed E-state index contributed by atoms with van der Waals surface area (Å²) in [6, 6.07) is 15.8. The van der Waals surface area contributed by atoms with Gasteiger partial charge < -0.3 is 14.6 Å². The maximum atomic E-state index is 13.0. The van der Waals surface area contributed by atoms with Gasteiger partial charge in [0.25, 0.3) is 0 Å². The lowest BCUT2D eigenvalue weighted by Gasteiger charge is -2.41. The van der Waals surface area contributed by atoms with Crippen molar-refractivity contribution < 1.29 is 19.4 Å². The number of carbonyl (C=O) groups excluding carboxylic acids is 1. The molecule has 0 saturated carbocycles. The number of nitrogens with zero attached hydrogens (tertiary/aromatic N) is 1. The molecule has 1 atom stereocenters. The van der Waals surface area contributed by atoms with Gasteiger partial charge in [0.2, 0.25) is 0 Å². The average molecular weight is 398 g/mol. The minimum atomic E-state index is -0.515. The van der Waals surface area contributed by atoms with E-state index in [0.717, 1.165) is 37.8 Å². The number of benzene rings is 2. The lowest BCUT2D eigenvalue weighted by atomic mass is 9.75. The van der Waals surface area contributed by atoms with Crippen molar-refractivity contribution in [2.75, 3.05) is 26.8 Å². The molecule has 5 nitrogen and oxygen atoms in total. The molecule has 1 saturated heterocycles. The van der Waals surface area contributed by atoms with Crippen LogP contribution in [0.4, 0.5) is 0 Å².